The zero-order valence-electron chi connectivity index (χ0n) is 14.8. The van der Waals surface area contributed by atoms with Gasteiger partial charge in [0.1, 0.15) is 31.4 Å². The van der Waals surface area contributed by atoms with Crippen LogP contribution in [0.5, 0.6) is 17.2 Å². The molecule has 3 aromatic rings. The Morgan fingerprint density at radius 2 is 1.80 bits per heavy atom. The van der Waals surface area contributed by atoms with Crippen LogP contribution in [0.25, 0.3) is 11.0 Å². The van der Waals surface area contributed by atoms with Gasteiger partial charge in [-0.2, -0.15) is 0 Å². The first-order valence-electron chi connectivity index (χ1n) is 8.58. The average molecular weight is 338 g/mol. The van der Waals surface area contributed by atoms with Gasteiger partial charge in [-0.1, -0.05) is 12.1 Å². The van der Waals surface area contributed by atoms with Crippen molar-refractivity contribution in [2.75, 3.05) is 19.8 Å². The molecular weight excluding hydrogens is 316 g/mol. The molecule has 2 heterocycles. The molecule has 0 fully saturated rings. The third-order valence-corrected chi connectivity index (χ3v) is 4.52. The lowest BCUT2D eigenvalue weighted by atomic mass is 10.1. The molecule has 0 spiro atoms. The van der Waals surface area contributed by atoms with Gasteiger partial charge in [-0.3, -0.25) is 0 Å². The minimum Gasteiger partial charge on any atom is -0.491 e. The van der Waals surface area contributed by atoms with Gasteiger partial charge in [-0.05, 0) is 38.0 Å². The Labute approximate surface area is 147 Å². The molecule has 0 atom stereocenters. The predicted octanol–water partition coefficient (Wildman–Crippen LogP) is 3.81. The van der Waals surface area contributed by atoms with E-state index in [1.807, 2.05) is 19.1 Å². The molecule has 0 N–H and O–H groups in total. The molecule has 5 nitrogen and oxygen atoms in total. The van der Waals surface area contributed by atoms with E-state index in [1.165, 1.54) is 5.56 Å². The van der Waals surface area contributed by atoms with Crippen LogP contribution in [0.4, 0.5) is 0 Å². The molecule has 130 valence electrons. The maximum atomic E-state index is 6.00. The van der Waals surface area contributed by atoms with E-state index in [4.69, 9.17) is 14.2 Å². The van der Waals surface area contributed by atoms with Crippen LogP contribution in [0.15, 0.2) is 30.3 Å². The lowest BCUT2D eigenvalue weighted by Gasteiger charge is -2.18. The zero-order valence-corrected chi connectivity index (χ0v) is 14.8. The predicted molar refractivity (Wildman–Crippen MR) is 96.9 cm³/mol. The number of hydrogen-bond acceptors (Lipinski definition) is 4. The number of ether oxygens (including phenoxy) is 3. The highest BCUT2D eigenvalue weighted by atomic mass is 16.6. The molecule has 0 saturated heterocycles. The number of fused-ring (bicyclic) bond motifs is 2. The van der Waals surface area contributed by atoms with Crippen LogP contribution in [0, 0.1) is 20.8 Å². The summed E-state index contributed by atoms with van der Waals surface area (Å²) < 4.78 is 19.5. The summed E-state index contributed by atoms with van der Waals surface area (Å²) in [5.41, 5.74) is 4.32. The maximum Gasteiger partial charge on any atom is 0.163 e. The lowest BCUT2D eigenvalue weighted by molar-refractivity contribution is 0.172. The van der Waals surface area contributed by atoms with Gasteiger partial charge in [0.2, 0.25) is 0 Å². The minimum absolute atomic E-state index is 0.585. The Morgan fingerprint density at radius 1 is 1.04 bits per heavy atom. The molecule has 0 unspecified atom stereocenters. The van der Waals surface area contributed by atoms with Crippen molar-refractivity contribution in [2.45, 2.75) is 27.3 Å². The number of aryl methyl sites for hydroxylation is 3. The van der Waals surface area contributed by atoms with Gasteiger partial charge in [0.05, 0.1) is 17.6 Å². The van der Waals surface area contributed by atoms with E-state index in [0.717, 1.165) is 46.2 Å². The van der Waals surface area contributed by atoms with E-state index in [1.54, 1.807) is 0 Å². The summed E-state index contributed by atoms with van der Waals surface area (Å²) in [5.74, 6) is 3.46. The van der Waals surface area contributed by atoms with Gasteiger partial charge in [0.25, 0.3) is 0 Å². The van der Waals surface area contributed by atoms with Gasteiger partial charge < -0.3 is 18.8 Å². The maximum absolute atomic E-state index is 6.00. The Balaban J connectivity index is 1.56. The monoisotopic (exact) mass is 338 g/mol. The smallest absolute Gasteiger partial charge is 0.163 e. The van der Waals surface area contributed by atoms with Crippen molar-refractivity contribution in [3.8, 4) is 17.2 Å². The van der Waals surface area contributed by atoms with Gasteiger partial charge >= 0.3 is 0 Å². The van der Waals surface area contributed by atoms with Crippen molar-refractivity contribution in [3.63, 3.8) is 0 Å². The first-order valence-corrected chi connectivity index (χ1v) is 8.58. The van der Waals surface area contributed by atoms with Crippen LogP contribution in [0.2, 0.25) is 0 Å². The fraction of sp³-hybridized carbons (Fsp3) is 0.350. The zero-order chi connectivity index (χ0) is 17.4. The second-order valence-electron chi connectivity index (χ2n) is 6.41. The topological polar surface area (TPSA) is 45.5 Å². The molecule has 1 aliphatic rings. The van der Waals surface area contributed by atoms with Crippen LogP contribution in [-0.2, 0) is 6.54 Å². The molecule has 0 saturated carbocycles. The summed E-state index contributed by atoms with van der Waals surface area (Å²) in [6, 6.07) is 10.2. The van der Waals surface area contributed by atoms with Gasteiger partial charge in [-0.15, -0.1) is 0 Å². The third-order valence-electron chi connectivity index (χ3n) is 4.52. The Hall–Kier alpha value is -2.69. The van der Waals surface area contributed by atoms with E-state index in [-0.39, 0.29) is 0 Å². The molecule has 1 aliphatic heterocycles. The summed E-state index contributed by atoms with van der Waals surface area (Å²) in [5, 5.41) is 0. The number of rotatable bonds is 4. The molecule has 0 radical (unpaired) electrons. The highest BCUT2D eigenvalue weighted by molar-refractivity contribution is 5.80. The van der Waals surface area contributed by atoms with Crippen molar-refractivity contribution < 1.29 is 14.2 Å². The summed E-state index contributed by atoms with van der Waals surface area (Å²) in [6.07, 6.45) is 0. The first-order chi connectivity index (χ1) is 12.1. The Morgan fingerprint density at radius 3 is 2.60 bits per heavy atom. The second kappa shape index (κ2) is 6.31. The summed E-state index contributed by atoms with van der Waals surface area (Å²) in [7, 11) is 0. The van der Waals surface area contributed by atoms with Crippen molar-refractivity contribution in [3.05, 3.63) is 47.3 Å². The lowest BCUT2D eigenvalue weighted by Crippen LogP contribution is -2.15. The normalized spacial score (nSPS) is 13.2. The van der Waals surface area contributed by atoms with Gasteiger partial charge in [-0.25, -0.2) is 4.98 Å². The highest BCUT2D eigenvalue weighted by Crippen LogP contribution is 2.34. The standard InChI is InChI=1S/C20H22N2O3/c1-13-4-5-14(2)18(10-13)23-7-6-22-15(3)21-16-11-19-20(12-17(16)22)25-9-8-24-19/h4-5,10-12H,6-9H2,1-3H3. The van der Waals surface area contributed by atoms with Crippen molar-refractivity contribution in [1.29, 1.82) is 0 Å². The van der Waals surface area contributed by atoms with Crippen molar-refractivity contribution in [1.82, 2.24) is 9.55 Å². The summed E-state index contributed by atoms with van der Waals surface area (Å²) >= 11 is 0. The summed E-state index contributed by atoms with van der Waals surface area (Å²) in [4.78, 5) is 4.65. The molecular formula is C20H22N2O3. The Kier molecular flexibility index (Phi) is 3.99. The number of aromatic nitrogens is 2. The third kappa shape index (κ3) is 3.02. The van der Waals surface area contributed by atoms with Crippen LogP contribution >= 0.6 is 0 Å². The Bertz CT molecular complexity index is 930. The summed E-state index contributed by atoms with van der Waals surface area (Å²) in [6.45, 7) is 8.64. The quantitative estimate of drug-likeness (QED) is 0.726. The van der Waals surface area contributed by atoms with Gasteiger partial charge in [0, 0.05) is 12.1 Å². The van der Waals surface area contributed by atoms with E-state index in [2.05, 4.69) is 41.6 Å². The van der Waals surface area contributed by atoms with E-state index >= 15 is 0 Å². The van der Waals surface area contributed by atoms with Crippen LogP contribution in [-0.4, -0.2) is 29.4 Å². The number of benzene rings is 2. The highest BCUT2D eigenvalue weighted by Gasteiger charge is 2.16. The molecule has 2 aromatic carbocycles. The SMILES string of the molecule is Cc1ccc(C)c(OCCn2c(C)nc3cc4c(cc32)OCCO4)c1. The molecule has 0 aliphatic carbocycles. The van der Waals surface area contributed by atoms with E-state index < -0.39 is 0 Å². The van der Waals surface area contributed by atoms with Crippen LogP contribution in [0.3, 0.4) is 0 Å². The molecule has 5 heteroatoms. The van der Waals surface area contributed by atoms with Crippen LogP contribution in [0.1, 0.15) is 17.0 Å². The van der Waals surface area contributed by atoms with Crippen LogP contribution < -0.4 is 14.2 Å². The fourth-order valence-electron chi connectivity index (χ4n) is 3.17. The minimum atomic E-state index is 0.585. The average Bonchev–Trinajstić information content (AvgIpc) is 2.90. The van der Waals surface area contributed by atoms with Crippen molar-refractivity contribution in [2.24, 2.45) is 0 Å². The van der Waals surface area contributed by atoms with E-state index in [0.29, 0.717) is 19.8 Å². The van der Waals surface area contributed by atoms with Gasteiger partial charge in [0.15, 0.2) is 11.5 Å². The molecule has 1 aromatic heterocycles. The van der Waals surface area contributed by atoms with E-state index in [9.17, 15) is 0 Å². The fourth-order valence-corrected chi connectivity index (χ4v) is 3.17. The first kappa shape index (κ1) is 15.8. The number of hydrogen-bond donors (Lipinski definition) is 0. The molecule has 0 bridgehead atoms. The second-order valence-corrected chi connectivity index (χ2v) is 6.41. The molecule has 0 amide bonds. The largest absolute Gasteiger partial charge is 0.491 e. The van der Waals surface area contributed by atoms with Crippen molar-refractivity contribution >= 4 is 11.0 Å². The number of nitrogens with zero attached hydrogens (tertiary/aromatic N) is 2. The molecule has 4 rings (SSSR count). The molecule has 25 heavy (non-hydrogen) atoms. The number of imidazole rings is 1.